The van der Waals surface area contributed by atoms with Crippen molar-refractivity contribution in [1.82, 2.24) is 20.2 Å². The highest BCUT2D eigenvalue weighted by Gasteiger charge is 2.12. The van der Waals surface area contributed by atoms with E-state index in [1.54, 1.807) is 11.7 Å². The molecule has 0 bridgehead atoms. The fourth-order valence-electron chi connectivity index (χ4n) is 2.08. The quantitative estimate of drug-likeness (QED) is 0.832. The maximum Gasteiger partial charge on any atom is 0.224 e. The van der Waals surface area contributed by atoms with Crippen LogP contribution in [0.3, 0.4) is 0 Å². The first-order chi connectivity index (χ1) is 10.1. The molecule has 1 aromatic carbocycles. The molecule has 1 aromatic heterocycles. The Balaban J connectivity index is 2.08. The van der Waals surface area contributed by atoms with Gasteiger partial charge in [-0.25, -0.2) is 4.68 Å². The summed E-state index contributed by atoms with van der Waals surface area (Å²) in [5, 5.41) is 14.3. The van der Waals surface area contributed by atoms with E-state index in [1.165, 1.54) is 0 Å². The van der Waals surface area contributed by atoms with Crippen molar-refractivity contribution in [3.8, 4) is 11.4 Å². The molecule has 0 aliphatic carbocycles. The molecule has 2 rings (SSSR count). The first-order valence-electron chi connectivity index (χ1n) is 6.96. The fraction of sp³-hybridized carbons (Fsp3) is 0.429. The van der Waals surface area contributed by atoms with Crippen LogP contribution in [0.15, 0.2) is 24.3 Å². The summed E-state index contributed by atoms with van der Waals surface area (Å²) >= 11 is 0. The predicted octanol–water partition coefficient (Wildman–Crippen LogP) is 1.19. The summed E-state index contributed by atoms with van der Waals surface area (Å²) in [6.45, 7) is 2.56. The Morgan fingerprint density at radius 2 is 2.29 bits per heavy atom. The number of nitrogens with one attached hydrogen (secondary N) is 1. The number of carbonyl (C=O) groups is 1. The van der Waals surface area contributed by atoms with Gasteiger partial charge >= 0.3 is 0 Å². The van der Waals surface area contributed by atoms with E-state index in [1.807, 2.05) is 31.2 Å². The summed E-state index contributed by atoms with van der Waals surface area (Å²) in [5.41, 5.74) is 7.21. The van der Waals surface area contributed by atoms with Gasteiger partial charge in [-0.05, 0) is 35.0 Å². The number of carbonyl (C=O) groups excluding carboxylic acids is 1. The van der Waals surface area contributed by atoms with E-state index < -0.39 is 0 Å². The average molecular weight is 288 g/mol. The molecule has 112 valence electrons. The van der Waals surface area contributed by atoms with E-state index in [0.717, 1.165) is 17.7 Å². The number of nitrogens with two attached hydrogens (primary N) is 1. The topological polar surface area (TPSA) is 98.7 Å². The molecule has 0 saturated heterocycles. The zero-order chi connectivity index (χ0) is 15.2. The molecule has 21 heavy (non-hydrogen) atoms. The van der Waals surface area contributed by atoms with Gasteiger partial charge in [0, 0.05) is 24.7 Å². The molecule has 1 heterocycles. The zero-order valence-electron chi connectivity index (χ0n) is 12.3. The lowest BCUT2D eigenvalue weighted by atomic mass is 10.0. The molecule has 0 spiro atoms. The Labute approximate surface area is 123 Å². The van der Waals surface area contributed by atoms with Crippen molar-refractivity contribution < 1.29 is 4.79 Å². The molecule has 3 N–H and O–H groups in total. The monoisotopic (exact) mass is 288 g/mol. The van der Waals surface area contributed by atoms with Crippen molar-refractivity contribution in [2.75, 3.05) is 11.9 Å². The van der Waals surface area contributed by atoms with Crippen molar-refractivity contribution in [1.29, 1.82) is 0 Å². The standard InChI is InChI=1S/C14H20N6O/c1-3-10(9-15)7-13(21)16-12-6-4-5-11(8-12)14-17-18-19-20(14)2/h4-6,8,10H,3,7,9,15H2,1-2H3,(H,16,21). The molecule has 2 aromatic rings. The van der Waals surface area contributed by atoms with Crippen LogP contribution >= 0.6 is 0 Å². The van der Waals surface area contributed by atoms with E-state index in [4.69, 9.17) is 5.73 Å². The lowest BCUT2D eigenvalue weighted by Crippen LogP contribution is -2.21. The van der Waals surface area contributed by atoms with Crippen LogP contribution in [0, 0.1) is 5.92 Å². The molecular weight excluding hydrogens is 268 g/mol. The van der Waals surface area contributed by atoms with Crippen LogP contribution in [0.1, 0.15) is 19.8 Å². The summed E-state index contributed by atoms with van der Waals surface area (Å²) in [7, 11) is 1.77. The van der Waals surface area contributed by atoms with Crippen molar-refractivity contribution >= 4 is 11.6 Å². The molecule has 0 aliphatic heterocycles. The van der Waals surface area contributed by atoms with E-state index in [0.29, 0.717) is 18.8 Å². The Bertz CT molecular complexity index is 605. The van der Waals surface area contributed by atoms with Gasteiger partial charge in [0.1, 0.15) is 0 Å². The van der Waals surface area contributed by atoms with Crippen LogP contribution in [0.4, 0.5) is 5.69 Å². The first-order valence-corrected chi connectivity index (χ1v) is 6.96. The minimum absolute atomic E-state index is 0.0273. The lowest BCUT2D eigenvalue weighted by Gasteiger charge is -2.12. The van der Waals surface area contributed by atoms with Gasteiger partial charge in [0.15, 0.2) is 5.82 Å². The zero-order valence-corrected chi connectivity index (χ0v) is 12.3. The molecule has 1 atom stereocenters. The van der Waals surface area contributed by atoms with Crippen LogP contribution in [0.25, 0.3) is 11.4 Å². The van der Waals surface area contributed by atoms with Crippen molar-refractivity contribution in [2.24, 2.45) is 18.7 Å². The number of nitrogens with zero attached hydrogens (tertiary/aromatic N) is 4. The van der Waals surface area contributed by atoms with Crippen LogP contribution in [-0.2, 0) is 11.8 Å². The number of anilines is 1. The first kappa shape index (κ1) is 15.1. The maximum atomic E-state index is 12.0. The number of rotatable bonds is 6. The van der Waals surface area contributed by atoms with E-state index in [2.05, 4.69) is 20.8 Å². The third-order valence-corrected chi connectivity index (χ3v) is 3.41. The van der Waals surface area contributed by atoms with Gasteiger partial charge in [0.25, 0.3) is 0 Å². The summed E-state index contributed by atoms with van der Waals surface area (Å²) < 4.78 is 1.59. The number of hydrogen-bond donors (Lipinski definition) is 2. The predicted molar refractivity (Wildman–Crippen MR) is 80.3 cm³/mol. The van der Waals surface area contributed by atoms with Gasteiger partial charge < -0.3 is 11.1 Å². The molecule has 1 unspecified atom stereocenters. The molecule has 0 aliphatic rings. The van der Waals surface area contributed by atoms with E-state index >= 15 is 0 Å². The number of benzene rings is 1. The molecule has 0 radical (unpaired) electrons. The van der Waals surface area contributed by atoms with Crippen LogP contribution in [-0.4, -0.2) is 32.7 Å². The largest absolute Gasteiger partial charge is 0.330 e. The van der Waals surface area contributed by atoms with Gasteiger partial charge in [-0.15, -0.1) is 5.10 Å². The highest BCUT2D eigenvalue weighted by molar-refractivity contribution is 5.91. The minimum atomic E-state index is -0.0273. The average Bonchev–Trinajstić information content (AvgIpc) is 2.91. The van der Waals surface area contributed by atoms with Crippen LogP contribution < -0.4 is 11.1 Å². The van der Waals surface area contributed by atoms with E-state index in [9.17, 15) is 4.79 Å². The Morgan fingerprint density at radius 1 is 1.48 bits per heavy atom. The van der Waals surface area contributed by atoms with Crippen LogP contribution in [0.5, 0.6) is 0 Å². The summed E-state index contributed by atoms with van der Waals surface area (Å²) in [6.07, 6.45) is 1.33. The summed E-state index contributed by atoms with van der Waals surface area (Å²) in [5.74, 6) is 0.844. The SMILES string of the molecule is CCC(CN)CC(=O)Nc1cccc(-c2nnnn2C)c1. The number of aromatic nitrogens is 4. The van der Waals surface area contributed by atoms with Crippen molar-refractivity contribution in [2.45, 2.75) is 19.8 Å². The third kappa shape index (κ3) is 3.85. The third-order valence-electron chi connectivity index (χ3n) is 3.41. The molecular formula is C14H20N6O. The molecule has 0 fully saturated rings. The Kier molecular flexibility index (Phi) is 4.99. The van der Waals surface area contributed by atoms with Gasteiger partial charge in [0.2, 0.25) is 5.91 Å². The highest BCUT2D eigenvalue weighted by atomic mass is 16.1. The lowest BCUT2D eigenvalue weighted by molar-refractivity contribution is -0.117. The van der Waals surface area contributed by atoms with Crippen molar-refractivity contribution in [3.63, 3.8) is 0 Å². The van der Waals surface area contributed by atoms with Crippen molar-refractivity contribution in [3.05, 3.63) is 24.3 Å². The Morgan fingerprint density at radius 3 is 2.90 bits per heavy atom. The maximum absolute atomic E-state index is 12.0. The second-order valence-electron chi connectivity index (χ2n) is 4.97. The van der Waals surface area contributed by atoms with Gasteiger partial charge in [-0.1, -0.05) is 25.5 Å². The Hall–Kier alpha value is -2.28. The smallest absolute Gasteiger partial charge is 0.224 e. The van der Waals surface area contributed by atoms with Gasteiger partial charge in [-0.3, -0.25) is 4.79 Å². The number of hydrogen-bond acceptors (Lipinski definition) is 5. The fourth-order valence-corrected chi connectivity index (χ4v) is 2.08. The normalized spacial score (nSPS) is 12.1. The number of tetrazole rings is 1. The van der Waals surface area contributed by atoms with Gasteiger partial charge in [0.05, 0.1) is 0 Å². The highest BCUT2D eigenvalue weighted by Crippen LogP contribution is 2.20. The molecule has 7 heteroatoms. The molecule has 0 saturated carbocycles. The number of amides is 1. The summed E-state index contributed by atoms with van der Waals surface area (Å²) in [6, 6.07) is 7.46. The number of aryl methyl sites for hydroxylation is 1. The van der Waals surface area contributed by atoms with E-state index in [-0.39, 0.29) is 11.8 Å². The van der Waals surface area contributed by atoms with Gasteiger partial charge in [-0.2, -0.15) is 0 Å². The second kappa shape index (κ2) is 6.94. The second-order valence-corrected chi connectivity index (χ2v) is 4.97. The summed E-state index contributed by atoms with van der Waals surface area (Å²) in [4.78, 5) is 12.0. The minimum Gasteiger partial charge on any atom is -0.330 e. The molecule has 1 amide bonds. The molecule has 7 nitrogen and oxygen atoms in total. The van der Waals surface area contributed by atoms with Crippen LogP contribution in [0.2, 0.25) is 0 Å².